The van der Waals surface area contributed by atoms with Gasteiger partial charge in [-0.25, -0.2) is 0 Å². The standard InChI is InChI=1S/C14H23NO2/c1-4-5-9-15-11-12(2)17-14-8-6-7-13(10-14)16-3/h6-8,10,12,15H,4-5,9,11H2,1-3H3. The lowest BCUT2D eigenvalue weighted by atomic mass is 10.3. The highest BCUT2D eigenvalue weighted by Crippen LogP contribution is 2.19. The molecule has 0 radical (unpaired) electrons. The average Bonchev–Trinajstić information content (AvgIpc) is 2.35. The molecule has 1 unspecified atom stereocenters. The molecule has 0 aliphatic heterocycles. The summed E-state index contributed by atoms with van der Waals surface area (Å²) < 4.78 is 10.9. The molecule has 1 N–H and O–H groups in total. The van der Waals surface area contributed by atoms with Crippen LogP contribution in [0.2, 0.25) is 0 Å². The number of benzene rings is 1. The quantitative estimate of drug-likeness (QED) is 0.705. The molecule has 3 heteroatoms. The Morgan fingerprint density at radius 2 is 2.06 bits per heavy atom. The minimum atomic E-state index is 0.166. The van der Waals surface area contributed by atoms with Gasteiger partial charge in [-0.15, -0.1) is 0 Å². The molecule has 96 valence electrons. The first-order chi connectivity index (χ1) is 8.26. The number of nitrogens with one attached hydrogen (secondary N) is 1. The smallest absolute Gasteiger partial charge is 0.123 e. The minimum absolute atomic E-state index is 0.166. The summed E-state index contributed by atoms with van der Waals surface area (Å²) >= 11 is 0. The van der Waals surface area contributed by atoms with Crippen molar-refractivity contribution in [2.45, 2.75) is 32.8 Å². The number of hydrogen-bond acceptors (Lipinski definition) is 3. The molecule has 0 fully saturated rings. The summed E-state index contributed by atoms with van der Waals surface area (Å²) in [5.74, 6) is 1.68. The second-order valence-electron chi connectivity index (χ2n) is 4.17. The zero-order valence-electron chi connectivity index (χ0n) is 11.0. The maximum Gasteiger partial charge on any atom is 0.123 e. The average molecular weight is 237 g/mol. The van der Waals surface area contributed by atoms with Crippen molar-refractivity contribution in [3.8, 4) is 11.5 Å². The van der Waals surface area contributed by atoms with E-state index in [1.165, 1.54) is 12.8 Å². The van der Waals surface area contributed by atoms with E-state index in [-0.39, 0.29) is 6.10 Å². The molecule has 3 nitrogen and oxygen atoms in total. The number of methoxy groups -OCH3 is 1. The molecule has 0 saturated carbocycles. The van der Waals surface area contributed by atoms with Gasteiger partial charge in [0.1, 0.15) is 17.6 Å². The van der Waals surface area contributed by atoms with E-state index in [9.17, 15) is 0 Å². The Balaban J connectivity index is 2.31. The molecule has 1 aromatic rings. The van der Waals surface area contributed by atoms with Gasteiger partial charge in [-0.3, -0.25) is 0 Å². The molecule has 0 aromatic heterocycles. The first-order valence-corrected chi connectivity index (χ1v) is 6.27. The summed E-state index contributed by atoms with van der Waals surface area (Å²) in [6, 6.07) is 7.70. The summed E-state index contributed by atoms with van der Waals surface area (Å²) in [7, 11) is 1.66. The van der Waals surface area contributed by atoms with Crippen molar-refractivity contribution < 1.29 is 9.47 Å². The molecule has 0 saturated heterocycles. The van der Waals surface area contributed by atoms with Crippen LogP contribution in [0.25, 0.3) is 0 Å². The Morgan fingerprint density at radius 3 is 2.76 bits per heavy atom. The summed E-state index contributed by atoms with van der Waals surface area (Å²) in [5, 5.41) is 3.38. The van der Waals surface area contributed by atoms with E-state index in [4.69, 9.17) is 9.47 Å². The predicted molar refractivity (Wildman–Crippen MR) is 70.9 cm³/mol. The Morgan fingerprint density at radius 1 is 1.29 bits per heavy atom. The van der Waals surface area contributed by atoms with Crippen LogP contribution in [-0.4, -0.2) is 26.3 Å². The van der Waals surface area contributed by atoms with E-state index in [1.807, 2.05) is 24.3 Å². The van der Waals surface area contributed by atoms with Crippen LogP contribution in [0.1, 0.15) is 26.7 Å². The molecular formula is C14H23NO2. The third-order valence-electron chi connectivity index (χ3n) is 2.52. The third-order valence-corrected chi connectivity index (χ3v) is 2.52. The van der Waals surface area contributed by atoms with Crippen molar-refractivity contribution in [3.05, 3.63) is 24.3 Å². The summed E-state index contributed by atoms with van der Waals surface area (Å²) in [6.45, 7) is 6.19. The highest BCUT2D eigenvalue weighted by atomic mass is 16.5. The van der Waals surface area contributed by atoms with Gasteiger partial charge in [0.2, 0.25) is 0 Å². The molecule has 1 aromatic carbocycles. The zero-order chi connectivity index (χ0) is 12.5. The van der Waals surface area contributed by atoms with Crippen LogP contribution in [0.4, 0.5) is 0 Å². The molecule has 1 rings (SSSR count). The Kier molecular flexibility index (Phi) is 6.48. The van der Waals surface area contributed by atoms with Gasteiger partial charge >= 0.3 is 0 Å². The van der Waals surface area contributed by atoms with Crippen LogP contribution in [-0.2, 0) is 0 Å². The summed E-state index contributed by atoms with van der Waals surface area (Å²) in [4.78, 5) is 0. The van der Waals surface area contributed by atoms with Gasteiger partial charge in [0, 0.05) is 12.6 Å². The topological polar surface area (TPSA) is 30.5 Å². The van der Waals surface area contributed by atoms with Crippen molar-refractivity contribution in [1.29, 1.82) is 0 Å². The fraction of sp³-hybridized carbons (Fsp3) is 0.571. The van der Waals surface area contributed by atoms with Gasteiger partial charge in [0.05, 0.1) is 7.11 Å². The van der Waals surface area contributed by atoms with E-state index >= 15 is 0 Å². The molecule has 0 heterocycles. The Bertz CT molecular complexity index is 315. The second kappa shape index (κ2) is 7.96. The SMILES string of the molecule is CCCCNCC(C)Oc1cccc(OC)c1. The molecule has 1 atom stereocenters. The van der Waals surface area contributed by atoms with E-state index in [1.54, 1.807) is 7.11 Å². The Hall–Kier alpha value is -1.22. The lowest BCUT2D eigenvalue weighted by molar-refractivity contribution is 0.216. The first-order valence-electron chi connectivity index (χ1n) is 6.27. The third kappa shape index (κ3) is 5.59. The zero-order valence-corrected chi connectivity index (χ0v) is 11.0. The lowest BCUT2D eigenvalue weighted by Gasteiger charge is -2.15. The summed E-state index contributed by atoms with van der Waals surface area (Å²) in [6.07, 6.45) is 2.60. The molecular weight excluding hydrogens is 214 g/mol. The highest BCUT2D eigenvalue weighted by molar-refractivity contribution is 5.32. The van der Waals surface area contributed by atoms with E-state index in [0.29, 0.717) is 0 Å². The molecule has 0 amide bonds. The molecule has 0 bridgehead atoms. The van der Waals surface area contributed by atoms with Crippen LogP contribution in [0.5, 0.6) is 11.5 Å². The van der Waals surface area contributed by atoms with E-state index in [2.05, 4.69) is 19.2 Å². The summed E-state index contributed by atoms with van der Waals surface area (Å²) in [5.41, 5.74) is 0. The normalized spacial score (nSPS) is 12.2. The van der Waals surface area contributed by atoms with Gasteiger partial charge in [0.15, 0.2) is 0 Å². The number of hydrogen-bond donors (Lipinski definition) is 1. The Labute approximate surface area is 104 Å². The van der Waals surface area contributed by atoms with Crippen molar-refractivity contribution >= 4 is 0 Å². The minimum Gasteiger partial charge on any atom is -0.497 e. The van der Waals surface area contributed by atoms with Crippen LogP contribution in [0.15, 0.2) is 24.3 Å². The maximum atomic E-state index is 5.79. The van der Waals surface area contributed by atoms with Crippen molar-refractivity contribution in [1.82, 2.24) is 5.32 Å². The first kappa shape index (κ1) is 13.8. The number of unbranched alkanes of at least 4 members (excludes halogenated alkanes) is 1. The largest absolute Gasteiger partial charge is 0.497 e. The van der Waals surface area contributed by atoms with Crippen molar-refractivity contribution in [3.63, 3.8) is 0 Å². The number of ether oxygens (including phenoxy) is 2. The molecule has 0 spiro atoms. The molecule has 17 heavy (non-hydrogen) atoms. The van der Waals surface area contributed by atoms with Gasteiger partial charge in [0.25, 0.3) is 0 Å². The maximum absolute atomic E-state index is 5.79. The highest BCUT2D eigenvalue weighted by Gasteiger charge is 2.04. The van der Waals surface area contributed by atoms with E-state index in [0.717, 1.165) is 24.6 Å². The number of rotatable bonds is 8. The second-order valence-corrected chi connectivity index (χ2v) is 4.17. The van der Waals surface area contributed by atoms with Crippen molar-refractivity contribution in [2.24, 2.45) is 0 Å². The molecule has 0 aliphatic rings. The van der Waals surface area contributed by atoms with Gasteiger partial charge in [-0.1, -0.05) is 19.4 Å². The molecule has 0 aliphatic carbocycles. The van der Waals surface area contributed by atoms with Gasteiger partial charge in [-0.2, -0.15) is 0 Å². The fourth-order valence-electron chi connectivity index (χ4n) is 1.56. The monoisotopic (exact) mass is 237 g/mol. The van der Waals surface area contributed by atoms with Gasteiger partial charge < -0.3 is 14.8 Å². The predicted octanol–water partition coefficient (Wildman–Crippen LogP) is 2.85. The lowest BCUT2D eigenvalue weighted by Crippen LogP contribution is -2.29. The van der Waals surface area contributed by atoms with E-state index < -0.39 is 0 Å². The van der Waals surface area contributed by atoms with Crippen LogP contribution < -0.4 is 14.8 Å². The van der Waals surface area contributed by atoms with Crippen molar-refractivity contribution in [2.75, 3.05) is 20.2 Å². The van der Waals surface area contributed by atoms with Gasteiger partial charge in [-0.05, 0) is 32.0 Å². The van der Waals surface area contributed by atoms with Crippen LogP contribution >= 0.6 is 0 Å². The van der Waals surface area contributed by atoms with Crippen LogP contribution in [0, 0.1) is 0 Å². The fourth-order valence-corrected chi connectivity index (χ4v) is 1.56. The van der Waals surface area contributed by atoms with Crippen LogP contribution in [0.3, 0.4) is 0 Å².